The molecule has 6 rings (SSSR count). The van der Waals surface area contributed by atoms with Gasteiger partial charge in [-0.1, -0.05) is 0 Å². The van der Waals surface area contributed by atoms with Crippen molar-refractivity contribution in [3.63, 3.8) is 0 Å². The fourth-order valence-corrected chi connectivity index (χ4v) is 8.90. The first-order chi connectivity index (χ1) is 33.8. The van der Waals surface area contributed by atoms with Crippen LogP contribution in [0.3, 0.4) is 0 Å². The summed E-state index contributed by atoms with van der Waals surface area (Å²) in [6.07, 6.45) is 0. The average molecular weight is 1080 g/mol. The maximum Gasteiger partial charge on any atom is 0.355 e. The number of phenols is 1. The Morgan fingerprint density at radius 3 is 1.75 bits per heavy atom. The molecule has 1 aliphatic rings. The number of aromatic hydroxyl groups is 1. The number of hydrogen-bond acceptors (Lipinski definition) is 24. The minimum Gasteiger partial charge on any atom is -0.505 e. The van der Waals surface area contributed by atoms with Crippen LogP contribution in [-0.2, 0) is 50.1 Å². The highest BCUT2D eigenvalue weighted by molar-refractivity contribution is 7.87. The third-order valence-corrected chi connectivity index (χ3v) is 12.9. The second-order valence-corrected chi connectivity index (χ2v) is 19.7. The van der Waals surface area contributed by atoms with Gasteiger partial charge < -0.3 is 40.4 Å². The standard InChI is InChI=1S/C38H35N9O21S4/c39-9-12-66-27-8-1-19(15-30(27)70(57,58)59)40-42-25-17-29(68-14-11-49)26(18-28(25)67-13-10-48)43-44-32-31(71(60,61)62)16-23-22(35(32)50)6-7-24(36(23)72(63,64)65)41-45-33-34(38(52)53)46-47(37(33)51)20-2-4-21(5-3-20)69(54,55)56/h1-8,15-18,33,48-50H,9-14,39H2,(H,52,53)(H,54,55,56)(H,57,58,59)(H,60,61,62)(H,63,64,65)/b42-40+,44-43+,45-41+. The zero-order valence-corrected chi connectivity index (χ0v) is 39.2. The molecule has 5 aromatic rings. The quantitative estimate of drug-likeness (QED) is 0.0375. The molecule has 0 spiro atoms. The van der Waals surface area contributed by atoms with Gasteiger partial charge in [0.2, 0.25) is 6.04 Å². The van der Waals surface area contributed by atoms with Crippen molar-refractivity contribution in [1.82, 2.24) is 0 Å². The fourth-order valence-electron chi connectivity index (χ4n) is 6.30. The zero-order valence-electron chi connectivity index (χ0n) is 35.9. The van der Waals surface area contributed by atoms with E-state index in [2.05, 4.69) is 35.8 Å². The van der Waals surface area contributed by atoms with E-state index in [9.17, 15) is 81.9 Å². The number of hydrogen-bond donors (Lipinski definition) is 9. The number of rotatable bonds is 21. The molecule has 0 radical (unpaired) electrons. The normalized spacial score (nSPS) is 14.8. The van der Waals surface area contributed by atoms with Gasteiger partial charge in [0.05, 0.1) is 29.5 Å². The van der Waals surface area contributed by atoms with Gasteiger partial charge in [0, 0.05) is 29.4 Å². The molecular formula is C38H35N9O21S4. The maximum absolute atomic E-state index is 13.4. The van der Waals surface area contributed by atoms with Crippen LogP contribution in [-0.4, -0.2) is 136 Å². The number of hydrazone groups is 1. The third kappa shape index (κ3) is 12.1. The lowest BCUT2D eigenvalue weighted by atomic mass is 10.1. The lowest BCUT2D eigenvalue weighted by Gasteiger charge is -2.14. The minimum atomic E-state index is -5.57. The number of carboxylic acids is 1. The summed E-state index contributed by atoms with van der Waals surface area (Å²) in [6, 6.07) is 9.13. The van der Waals surface area contributed by atoms with Crippen LogP contribution in [0.15, 0.2) is 128 Å². The van der Waals surface area contributed by atoms with Gasteiger partial charge in [-0.3, -0.25) is 23.0 Å². The molecule has 0 bridgehead atoms. The van der Waals surface area contributed by atoms with Gasteiger partial charge >= 0.3 is 5.97 Å². The summed E-state index contributed by atoms with van der Waals surface area (Å²) >= 11 is 0. The molecule has 1 heterocycles. The number of phenolic OH excluding ortho intramolecular Hbond substituents is 1. The number of amides is 1. The van der Waals surface area contributed by atoms with Gasteiger partial charge in [0.25, 0.3) is 46.4 Å². The zero-order chi connectivity index (χ0) is 52.9. The lowest BCUT2D eigenvalue weighted by molar-refractivity contribution is -0.130. The molecule has 5 aromatic carbocycles. The first-order valence-electron chi connectivity index (χ1n) is 19.6. The Kier molecular flexibility index (Phi) is 16.0. The molecule has 30 nitrogen and oxygen atoms in total. The monoisotopic (exact) mass is 1080 g/mol. The smallest absolute Gasteiger partial charge is 0.355 e. The van der Waals surface area contributed by atoms with Crippen LogP contribution >= 0.6 is 0 Å². The van der Waals surface area contributed by atoms with Gasteiger partial charge in [-0.25, -0.2) is 4.79 Å². The molecule has 1 amide bonds. The average Bonchev–Trinajstić information content (AvgIpc) is 3.64. The van der Waals surface area contributed by atoms with E-state index in [0.717, 1.165) is 60.7 Å². The number of ether oxygens (including phenoxy) is 3. The van der Waals surface area contributed by atoms with Crippen LogP contribution in [0.5, 0.6) is 23.0 Å². The van der Waals surface area contributed by atoms with Crippen molar-refractivity contribution >= 4 is 103 Å². The highest BCUT2D eigenvalue weighted by Crippen LogP contribution is 2.47. The van der Waals surface area contributed by atoms with Crippen LogP contribution in [0.1, 0.15) is 0 Å². The highest BCUT2D eigenvalue weighted by Gasteiger charge is 2.41. The third-order valence-electron chi connectivity index (χ3n) is 9.34. The summed E-state index contributed by atoms with van der Waals surface area (Å²) in [4.78, 5) is 21.5. The Morgan fingerprint density at radius 2 is 1.22 bits per heavy atom. The molecule has 0 aliphatic carbocycles. The SMILES string of the molecule is NCCOc1ccc(/N=N/c2cc(OCCO)c(/N=N/c3c(S(=O)(=O)O)cc4c(S(=O)(=O)O)c(/N=N/C5C(=O)N(c6ccc(S(=O)(=O)O)cc6)N=C5C(=O)O)ccc4c3O)cc2OCCO)cc1S(=O)(=O)O. The Hall–Kier alpha value is -7.51. The predicted octanol–water partition coefficient (Wildman–Crippen LogP) is 3.38. The van der Waals surface area contributed by atoms with E-state index < -0.39 is 138 Å². The Morgan fingerprint density at radius 1 is 0.639 bits per heavy atom. The fraction of sp³-hybridized carbons (Fsp3) is 0.184. The maximum atomic E-state index is 13.4. The first kappa shape index (κ1) is 53.8. The number of aliphatic hydroxyl groups excluding tert-OH is 2. The summed E-state index contributed by atoms with van der Waals surface area (Å²) in [5.74, 6) is -5.07. The number of fused-ring (bicyclic) bond motifs is 1. The number of carbonyl (C=O) groups is 2. The number of benzene rings is 5. The van der Waals surface area contributed by atoms with Crippen molar-refractivity contribution in [2.45, 2.75) is 25.6 Å². The van der Waals surface area contributed by atoms with E-state index in [0.29, 0.717) is 11.1 Å². The van der Waals surface area contributed by atoms with E-state index in [1.807, 2.05) is 0 Å². The van der Waals surface area contributed by atoms with Crippen molar-refractivity contribution in [2.24, 2.45) is 41.5 Å². The molecule has 10 N–H and O–H groups in total. The highest BCUT2D eigenvalue weighted by atomic mass is 32.2. The Balaban J connectivity index is 1.44. The van der Waals surface area contributed by atoms with Crippen molar-refractivity contribution in [2.75, 3.05) is 44.6 Å². The molecule has 34 heteroatoms. The molecule has 1 aliphatic heterocycles. The molecule has 0 saturated carbocycles. The lowest BCUT2D eigenvalue weighted by Crippen LogP contribution is -2.33. The second-order valence-electron chi connectivity index (χ2n) is 14.1. The van der Waals surface area contributed by atoms with E-state index in [1.165, 1.54) is 6.07 Å². The molecule has 0 saturated heterocycles. The molecular weight excluding hydrogens is 1050 g/mol. The summed E-state index contributed by atoms with van der Waals surface area (Å²) in [6.45, 7) is -2.08. The topological polar surface area (TPSA) is 476 Å². The molecule has 382 valence electrons. The molecule has 1 atom stereocenters. The summed E-state index contributed by atoms with van der Waals surface area (Å²) in [5, 5.41) is 65.9. The Labute approximate surface area is 405 Å². The van der Waals surface area contributed by atoms with E-state index >= 15 is 0 Å². The van der Waals surface area contributed by atoms with Gasteiger partial charge in [0.15, 0.2) is 11.5 Å². The minimum absolute atomic E-state index is 0.00990. The van der Waals surface area contributed by atoms with Crippen molar-refractivity contribution in [3.8, 4) is 23.0 Å². The molecule has 1 unspecified atom stereocenters. The van der Waals surface area contributed by atoms with Crippen LogP contribution in [0.25, 0.3) is 10.8 Å². The van der Waals surface area contributed by atoms with Gasteiger partial charge in [0.1, 0.15) is 74.5 Å². The van der Waals surface area contributed by atoms with Crippen molar-refractivity contribution < 1.29 is 96.1 Å². The van der Waals surface area contributed by atoms with Crippen LogP contribution in [0.4, 0.5) is 34.1 Å². The Bertz CT molecular complexity index is 3580. The molecule has 0 aromatic heterocycles. The summed E-state index contributed by atoms with van der Waals surface area (Å²) in [5.41, 5.74) is 1.51. The largest absolute Gasteiger partial charge is 0.505 e. The number of nitrogens with zero attached hydrogens (tertiary/aromatic N) is 8. The van der Waals surface area contributed by atoms with Crippen LogP contribution < -0.4 is 25.0 Å². The van der Waals surface area contributed by atoms with Gasteiger partial charge in [-0.05, 0) is 60.7 Å². The number of anilines is 1. The summed E-state index contributed by atoms with van der Waals surface area (Å²) in [7, 11) is -20.7. The second kappa shape index (κ2) is 21.5. The van der Waals surface area contributed by atoms with E-state index in [4.69, 9.17) is 19.9 Å². The molecule has 72 heavy (non-hydrogen) atoms. The number of carboxylic acid groups (broad SMARTS) is 1. The van der Waals surface area contributed by atoms with Gasteiger partial charge in [-0.2, -0.15) is 59.1 Å². The van der Waals surface area contributed by atoms with E-state index in [-0.39, 0.29) is 53.1 Å². The number of azo groups is 3. The van der Waals surface area contributed by atoms with E-state index in [1.54, 1.807) is 0 Å². The number of nitrogens with two attached hydrogens (primary N) is 1. The van der Waals surface area contributed by atoms with Crippen molar-refractivity contribution in [3.05, 3.63) is 72.8 Å². The predicted molar refractivity (Wildman–Crippen MR) is 243 cm³/mol. The number of aliphatic carboxylic acids is 1. The van der Waals surface area contributed by atoms with Crippen molar-refractivity contribution in [1.29, 1.82) is 0 Å². The first-order valence-corrected chi connectivity index (χ1v) is 25.4. The van der Waals surface area contributed by atoms with Crippen LogP contribution in [0, 0.1) is 0 Å². The number of carbonyl (C=O) groups excluding carboxylic acids is 1. The number of aliphatic hydroxyl groups is 2. The van der Waals surface area contributed by atoms with Crippen LogP contribution in [0.2, 0.25) is 0 Å². The summed E-state index contributed by atoms with van der Waals surface area (Å²) < 4.78 is 155. The molecule has 0 fully saturated rings. The van der Waals surface area contributed by atoms with Gasteiger partial charge in [-0.15, -0.1) is 15.3 Å².